The summed E-state index contributed by atoms with van der Waals surface area (Å²) in [5, 5.41) is 7.66. The molecule has 2 rings (SSSR count). The average molecular weight is 255 g/mol. The molecule has 1 aromatic rings. The Morgan fingerprint density at radius 1 is 1.53 bits per heavy atom. The fourth-order valence-corrected chi connectivity index (χ4v) is 2.36. The van der Waals surface area contributed by atoms with Gasteiger partial charge in [-0.1, -0.05) is 17.7 Å². The average Bonchev–Trinajstić information content (AvgIpc) is 2.84. The zero-order chi connectivity index (χ0) is 12.1. The van der Waals surface area contributed by atoms with Crippen molar-refractivity contribution in [3.05, 3.63) is 28.8 Å². The van der Waals surface area contributed by atoms with Crippen molar-refractivity contribution in [1.29, 1.82) is 0 Å². The molecule has 0 saturated carbocycles. The van der Waals surface area contributed by atoms with E-state index in [0.717, 1.165) is 36.8 Å². The summed E-state index contributed by atoms with van der Waals surface area (Å²) in [5.41, 5.74) is 1.17. The van der Waals surface area contributed by atoms with E-state index < -0.39 is 0 Å². The minimum atomic E-state index is 0.618. The van der Waals surface area contributed by atoms with Crippen molar-refractivity contribution in [3.63, 3.8) is 0 Å². The highest BCUT2D eigenvalue weighted by Crippen LogP contribution is 2.22. The van der Waals surface area contributed by atoms with Gasteiger partial charge in [0.05, 0.1) is 7.11 Å². The summed E-state index contributed by atoms with van der Waals surface area (Å²) in [6, 6.07) is 6.48. The van der Waals surface area contributed by atoms with E-state index in [0.29, 0.717) is 6.04 Å². The molecular formula is C13H19ClN2O. The Kier molecular flexibility index (Phi) is 4.66. The van der Waals surface area contributed by atoms with Crippen LogP contribution in [0.3, 0.4) is 0 Å². The van der Waals surface area contributed by atoms with Crippen LogP contribution >= 0.6 is 11.6 Å². The summed E-state index contributed by atoms with van der Waals surface area (Å²) < 4.78 is 5.13. The topological polar surface area (TPSA) is 33.3 Å². The van der Waals surface area contributed by atoms with Crippen molar-refractivity contribution < 1.29 is 4.74 Å². The van der Waals surface area contributed by atoms with Gasteiger partial charge in [0.25, 0.3) is 0 Å². The second-order valence-corrected chi connectivity index (χ2v) is 4.76. The molecule has 1 heterocycles. The van der Waals surface area contributed by atoms with Crippen LogP contribution in [0.5, 0.6) is 5.75 Å². The first-order valence-corrected chi connectivity index (χ1v) is 6.44. The predicted octanol–water partition coefficient (Wildman–Crippen LogP) is 1.84. The quantitative estimate of drug-likeness (QED) is 0.841. The third kappa shape index (κ3) is 3.60. The van der Waals surface area contributed by atoms with Gasteiger partial charge >= 0.3 is 0 Å². The summed E-state index contributed by atoms with van der Waals surface area (Å²) in [6.45, 7) is 3.18. The van der Waals surface area contributed by atoms with Crippen molar-refractivity contribution in [2.75, 3.05) is 26.7 Å². The second kappa shape index (κ2) is 6.24. The molecule has 1 aliphatic heterocycles. The van der Waals surface area contributed by atoms with Gasteiger partial charge in [-0.15, -0.1) is 0 Å². The molecule has 1 aliphatic rings. The van der Waals surface area contributed by atoms with E-state index in [9.17, 15) is 0 Å². The SMILES string of the molecule is COc1ccc(CCNC2CCNC2)c(Cl)c1. The summed E-state index contributed by atoms with van der Waals surface area (Å²) >= 11 is 6.18. The highest BCUT2D eigenvalue weighted by molar-refractivity contribution is 6.31. The van der Waals surface area contributed by atoms with Crippen molar-refractivity contribution in [1.82, 2.24) is 10.6 Å². The molecule has 3 nitrogen and oxygen atoms in total. The van der Waals surface area contributed by atoms with E-state index in [1.165, 1.54) is 12.0 Å². The Morgan fingerprint density at radius 3 is 3.06 bits per heavy atom. The number of halogens is 1. The number of benzene rings is 1. The van der Waals surface area contributed by atoms with Crippen molar-refractivity contribution in [2.45, 2.75) is 18.9 Å². The highest BCUT2D eigenvalue weighted by atomic mass is 35.5. The number of nitrogens with one attached hydrogen (secondary N) is 2. The van der Waals surface area contributed by atoms with Crippen LogP contribution in [0.2, 0.25) is 5.02 Å². The molecule has 17 heavy (non-hydrogen) atoms. The smallest absolute Gasteiger partial charge is 0.120 e. The minimum absolute atomic E-state index is 0.618. The van der Waals surface area contributed by atoms with Gasteiger partial charge in [0, 0.05) is 17.6 Å². The molecule has 0 aliphatic carbocycles. The van der Waals surface area contributed by atoms with Crippen molar-refractivity contribution >= 4 is 11.6 Å². The third-order valence-corrected chi connectivity index (χ3v) is 3.50. The van der Waals surface area contributed by atoms with Crippen LogP contribution in [-0.2, 0) is 6.42 Å². The molecule has 94 valence electrons. The maximum absolute atomic E-state index is 6.18. The minimum Gasteiger partial charge on any atom is -0.497 e. The van der Waals surface area contributed by atoms with Gasteiger partial charge in [-0.25, -0.2) is 0 Å². The molecule has 2 N–H and O–H groups in total. The van der Waals surface area contributed by atoms with Crippen LogP contribution in [0.25, 0.3) is 0 Å². The molecule has 1 fully saturated rings. The second-order valence-electron chi connectivity index (χ2n) is 4.35. The Labute approximate surface area is 107 Å². The Balaban J connectivity index is 1.81. The maximum Gasteiger partial charge on any atom is 0.120 e. The molecule has 1 aromatic carbocycles. The van der Waals surface area contributed by atoms with E-state index in [2.05, 4.69) is 10.6 Å². The number of methoxy groups -OCH3 is 1. The van der Waals surface area contributed by atoms with Crippen LogP contribution < -0.4 is 15.4 Å². The largest absolute Gasteiger partial charge is 0.497 e. The molecule has 0 spiro atoms. The van der Waals surface area contributed by atoms with Gasteiger partial charge in [0.2, 0.25) is 0 Å². The Hall–Kier alpha value is -0.770. The van der Waals surface area contributed by atoms with Gasteiger partial charge in [-0.05, 0) is 43.6 Å². The molecule has 0 amide bonds. The van der Waals surface area contributed by atoms with Gasteiger partial charge in [-0.2, -0.15) is 0 Å². The zero-order valence-corrected chi connectivity index (χ0v) is 10.9. The first-order chi connectivity index (χ1) is 8.29. The highest BCUT2D eigenvalue weighted by Gasteiger charge is 2.13. The standard InChI is InChI=1S/C13H19ClN2O/c1-17-12-3-2-10(13(14)8-12)4-7-16-11-5-6-15-9-11/h2-3,8,11,15-16H,4-7,9H2,1H3. The normalized spacial score (nSPS) is 19.5. The molecule has 4 heteroatoms. The molecule has 1 unspecified atom stereocenters. The fourth-order valence-electron chi connectivity index (χ4n) is 2.10. The van der Waals surface area contributed by atoms with E-state index in [-0.39, 0.29) is 0 Å². The van der Waals surface area contributed by atoms with Crippen LogP contribution in [0, 0.1) is 0 Å². The molecule has 0 aromatic heterocycles. The summed E-state index contributed by atoms with van der Waals surface area (Å²) in [4.78, 5) is 0. The van der Waals surface area contributed by atoms with E-state index in [1.807, 2.05) is 18.2 Å². The Morgan fingerprint density at radius 2 is 2.41 bits per heavy atom. The van der Waals surface area contributed by atoms with E-state index in [1.54, 1.807) is 7.11 Å². The van der Waals surface area contributed by atoms with Crippen molar-refractivity contribution in [3.8, 4) is 5.75 Å². The third-order valence-electron chi connectivity index (χ3n) is 3.15. The molecule has 0 bridgehead atoms. The molecule has 1 atom stereocenters. The lowest BCUT2D eigenvalue weighted by Gasteiger charge is -2.12. The molecule has 0 radical (unpaired) electrons. The maximum atomic E-state index is 6.18. The summed E-state index contributed by atoms with van der Waals surface area (Å²) in [5.74, 6) is 0.812. The first kappa shape index (κ1) is 12.7. The van der Waals surface area contributed by atoms with Gasteiger partial charge < -0.3 is 15.4 Å². The van der Waals surface area contributed by atoms with E-state index in [4.69, 9.17) is 16.3 Å². The van der Waals surface area contributed by atoms with Gasteiger partial charge in [-0.3, -0.25) is 0 Å². The van der Waals surface area contributed by atoms with Crippen LogP contribution in [0.15, 0.2) is 18.2 Å². The molecule has 1 saturated heterocycles. The lowest BCUT2D eigenvalue weighted by Crippen LogP contribution is -2.32. The Bertz CT molecular complexity index is 364. The predicted molar refractivity (Wildman–Crippen MR) is 71.0 cm³/mol. The summed E-state index contributed by atoms with van der Waals surface area (Å²) in [6.07, 6.45) is 2.18. The van der Waals surface area contributed by atoms with E-state index >= 15 is 0 Å². The fraction of sp³-hybridized carbons (Fsp3) is 0.538. The lowest BCUT2D eigenvalue weighted by molar-refractivity contribution is 0.414. The monoisotopic (exact) mass is 254 g/mol. The van der Waals surface area contributed by atoms with Crippen LogP contribution in [0.4, 0.5) is 0 Å². The molecular weight excluding hydrogens is 236 g/mol. The number of rotatable bonds is 5. The summed E-state index contributed by atoms with van der Waals surface area (Å²) in [7, 11) is 1.65. The number of hydrogen-bond donors (Lipinski definition) is 2. The van der Waals surface area contributed by atoms with Gasteiger partial charge in [0.1, 0.15) is 5.75 Å². The van der Waals surface area contributed by atoms with Crippen LogP contribution in [-0.4, -0.2) is 32.8 Å². The first-order valence-electron chi connectivity index (χ1n) is 6.06. The van der Waals surface area contributed by atoms with Crippen molar-refractivity contribution in [2.24, 2.45) is 0 Å². The number of hydrogen-bond acceptors (Lipinski definition) is 3. The lowest BCUT2D eigenvalue weighted by atomic mass is 10.1. The zero-order valence-electron chi connectivity index (χ0n) is 10.1. The van der Waals surface area contributed by atoms with Crippen LogP contribution in [0.1, 0.15) is 12.0 Å². The number of ether oxygens (including phenoxy) is 1. The van der Waals surface area contributed by atoms with Gasteiger partial charge in [0.15, 0.2) is 0 Å².